The second kappa shape index (κ2) is 5.98. The number of benzene rings is 1. The van der Waals surface area contributed by atoms with E-state index in [1.54, 1.807) is 0 Å². The van der Waals surface area contributed by atoms with Gasteiger partial charge in [0.15, 0.2) is 0 Å². The third kappa shape index (κ3) is 2.86. The molecule has 1 N–H and O–H groups in total. The van der Waals surface area contributed by atoms with Gasteiger partial charge in [-0.15, -0.1) is 0 Å². The number of aromatic nitrogens is 2. The Bertz CT molecular complexity index is 577. The van der Waals surface area contributed by atoms with Crippen molar-refractivity contribution in [2.45, 2.75) is 44.9 Å². The van der Waals surface area contributed by atoms with Crippen LogP contribution in [0.3, 0.4) is 0 Å². The molecule has 21 heavy (non-hydrogen) atoms. The number of hydrogen-bond acceptors (Lipinski definition) is 4. The molecule has 2 aromatic rings. The van der Waals surface area contributed by atoms with Gasteiger partial charge in [0.05, 0.1) is 5.41 Å². The largest absolute Gasteiger partial charge is 0.338 e. The van der Waals surface area contributed by atoms with Crippen molar-refractivity contribution in [2.75, 3.05) is 13.1 Å². The van der Waals surface area contributed by atoms with Crippen LogP contribution < -0.4 is 5.32 Å². The summed E-state index contributed by atoms with van der Waals surface area (Å²) in [5.41, 5.74) is 2.27. The molecule has 1 aromatic heterocycles. The maximum atomic E-state index is 5.64. The Hall–Kier alpha value is -1.68. The minimum Gasteiger partial charge on any atom is -0.338 e. The Balaban J connectivity index is 1.90. The molecule has 0 aliphatic carbocycles. The lowest BCUT2D eigenvalue weighted by Crippen LogP contribution is -2.43. The summed E-state index contributed by atoms with van der Waals surface area (Å²) in [7, 11) is 0. The molecular weight excluding hydrogens is 262 g/mol. The SMILES string of the molecule is CCCC1(c2nc(-c3ccc(C)cc3)no2)CCCNC1. The zero-order valence-corrected chi connectivity index (χ0v) is 12.9. The molecule has 1 saturated heterocycles. The molecule has 1 aliphatic heterocycles. The van der Waals surface area contributed by atoms with Crippen LogP contribution in [0.4, 0.5) is 0 Å². The van der Waals surface area contributed by atoms with Crippen molar-refractivity contribution in [3.63, 3.8) is 0 Å². The van der Waals surface area contributed by atoms with Gasteiger partial charge in [-0.3, -0.25) is 0 Å². The quantitative estimate of drug-likeness (QED) is 0.934. The topological polar surface area (TPSA) is 51.0 Å². The van der Waals surface area contributed by atoms with Gasteiger partial charge in [-0.1, -0.05) is 48.3 Å². The monoisotopic (exact) mass is 285 g/mol. The van der Waals surface area contributed by atoms with Crippen LogP contribution in [0.25, 0.3) is 11.4 Å². The number of hydrogen-bond donors (Lipinski definition) is 1. The number of rotatable bonds is 4. The molecule has 0 amide bonds. The van der Waals surface area contributed by atoms with E-state index in [1.165, 1.54) is 12.0 Å². The minimum atomic E-state index is 0.0168. The van der Waals surface area contributed by atoms with Gasteiger partial charge in [-0.2, -0.15) is 4.98 Å². The van der Waals surface area contributed by atoms with E-state index in [9.17, 15) is 0 Å². The van der Waals surface area contributed by atoms with E-state index < -0.39 is 0 Å². The number of aryl methyl sites for hydroxylation is 1. The highest BCUT2D eigenvalue weighted by atomic mass is 16.5. The second-order valence-electron chi connectivity index (χ2n) is 6.10. The van der Waals surface area contributed by atoms with Crippen molar-refractivity contribution in [3.8, 4) is 11.4 Å². The van der Waals surface area contributed by atoms with Gasteiger partial charge >= 0.3 is 0 Å². The van der Waals surface area contributed by atoms with Crippen molar-refractivity contribution in [3.05, 3.63) is 35.7 Å². The van der Waals surface area contributed by atoms with Crippen molar-refractivity contribution in [2.24, 2.45) is 0 Å². The highest BCUT2D eigenvalue weighted by Crippen LogP contribution is 2.35. The normalized spacial score (nSPS) is 22.4. The fraction of sp³-hybridized carbons (Fsp3) is 0.529. The summed E-state index contributed by atoms with van der Waals surface area (Å²) in [5, 5.41) is 7.69. The third-order valence-corrected chi connectivity index (χ3v) is 4.39. The molecule has 4 nitrogen and oxygen atoms in total. The van der Waals surface area contributed by atoms with E-state index in [0.717, 1.165) is 43.8 Å². The van der Waals surface area contributed by atoms with Gasteiger partial charge in [0.25, 0.3) is 0 Å². The van der Waals surface area contributed by atoms with Crippen molar-refractivity contribution < 1.29 is 4.52 Å². The molecular formula is C17H23N3O. The maximum absolute atomic E-state index is 5.64. The molecule has 1 aliphatic rings. The zero-order valence-electron chi connectivity index (χ0n) is 12.9. The molecule has 0 spiro atoms. The van der Waals surface area contributed by atoms with E-state index in [1.807, 2.05) is 0 Å². The van der Waals surface area contributed by atoms with Crippen LogP contribution in [-0.4, -0.2) is 23.2 Å². The van der Waals surface area contributed by atoms with Gasteiger partial charge in [0.1, 0.15) is 0 Å². The van der Waals surface area contributed by atoms with E-state index in [-0.39, 0.29) is 5.41 Å². The summed E-state index contributed by atoms with van der Waals surface area (Å²) in [6, 6.07) is 8.26. The van der Waals surface area contributed by atoms with Gasteiger partial charge in [-0.25, -0.2) is 0 Å². The fourth-order valence-corrected chi connectivity index (χ4v) is 3.21. The Labute approximate surface area is 126 Å². The van der Waals surface area contributed by atoms with Crippen LogP contribution in [0.1, 0.15) is 44.1 Å². The summed E-state index contributed by atoms with van der Waals surface area (Å²) in [6.45, 7) is 6.32. The first-order chi connectivity index (χ1) is 10.2. The molecule has 3 rings (SSSR count). The number of nitrogens with zero attached hydrogens (tertiary/aromatic N) is 2. The average Bonchev–Trinajstić information content (AvgIpc) is 3.00. The summed E-state index contributed by atoms with van der Waals surface area (Å²) in [5.74, 6) is 1.50. The molecule has 112 valence electrons. The predicted octanol–water partition coefficient (Wildman–Crippen LogP) is 3.47. The van der Waals surface area contributed by atoms with Crippen molar-refractivity contribution in [1.29, 1.82) is 0 Å². The molecule has 4 heteroatoms. The lowest BCUT2D eigenvalue weighted by atomic mass is 9.77. The highest BCUT2D eigenvalue weighted by molar-refractivity contribution is 5.54. The van der Waals surface area contributed by atoms with Crippen LogP contribution in [0.15, 0.2) is 28.8 Å². The minimum absolute atomic E-state index is 0.0168. The van der Waals surface area contributed by atoms with E-state index in [2.05, 4.69) is 48.6 Å². The summed E-state index contributed by atoms with van der Waals surface area (Å²) in [4.78, 5) is 4.71. The number of nitrogens with one attached hydrogen (secondary N) is 1. The smallest absolute Gasteiger partial charge is 0.234 e. The first-order valence-electron chi connectivity index (χ1n) is 7.85. The average molecular weight is 285 g/mol. The number of piperidine rings is 1. The molecule has 1 unspecified atom stereocenters. The predicted molar refractivity (Wildman–Crippen MR) is 83.2 cm³/mol. The fourth-order valence-electron chi connectivity index (χ4n) is 3.21. The van der Waals surface area contributed by atoms with Crippen molar-refractivity contribution >= 4 is 0 Å². The molecule has 0 radical (unpaired) electrons. The van der Waals surface area contributed by atoms with Crippen molar-refractivity contribution in [1.82, 2.24) is 15.5 Å². The molecule has 1 fully saturated rings. The lowest BCUT2D eigenvalue weighted by Gasteiger charge is -2.34. The first kappa shape index (κ1) is 14.3. The van der Waals surface area contributed by atoms with Crippen LogP contribution in [0.2, 0.25) is 0 Å². The second-order valence-corrected chi connectivity index (χ2v) is 6.10. The van der Waals surface area contributed by atoms with Crippen LogP contribution in [0.5, 0.6) is 0 Å². The summed E-state index contributed by atoms with van der Waals surface area (Å²) < 4.78 is 5.64. The highest BCUT2D eigenvalue weighted by Gasteiger charge is 2.38. The Kier molecular flexibility index (Phi) is 4.06. The van der Waals surface area contributed by atoms with Crippen LogP contribution >= 0.6 is 0 Å². The molecule has 2 heterocycles. The molecule has 1 aromatic carbocycles. The van der Waals surface area contributed by atoms with Crippen LogP contribution in [0, 0.1) is 6.92 Å². The molecule has 0 bridgehead atoms. The third-order valence-electron chi connectivity index (χ3n) is 4.39. The Morgan fingerprint density at radius 1 is 1.29 bits per heavy atom. The standard InChI is InChI=1S/C17H23N3O/c1-3-9-17(10-4-11-18-12-17)16-19-15(20-21-16)14-7-5-13(2)6-8-14/h5-8,18H,3-4,9-12H2,1-2H3. The summed E-state index contributed by atoms with van der Waals surface area (Å²) >= 11 is 0. The lowest BCUT2D eigenvalue weighted by molar-refractivity contribution is 0.213. The zero-order chi connectivity index (χ0) is 14.7. The van der Waals surface area contributed by atoms with Gasteiger partial charge in [0.2, 0.25) is 11.7 Å². The van der Waals surface area contributed by atoms with E-state index in [0.29, 0.717) is 5.82 Å². The summed E-state index contributed by atoms with van der Waals surface area (Å²) in [6.07, 6.45) is 4.52. The van der Waals surface area contributed by atoms with Crippen LogP contribution in [-0.2, 0) is 5.41 Å². The van der Waals surface area contributed by atoms with E-state index in [4.69, 9.17) is 9.51 Å². The van der Waals surface area contributed by atoms with Gasteiger partial charge in [0, 0.05) is 12.1 Å². The first-order valence-corrected chi connectivity index (χ1v) is 7.85. The Morgan fingerprint density at radius 3 is 2.76 bits per heavy atom. The van der Waals surface area contributed by atoms with Gasteiger partial charge < -0.3 is 9.84 Å². The van der Waals surface area contributed by atoms with E-state index >= 15 is 0 Å². The van der Waals surface area contributed by atoms with Gasteiger partial charge in [-0.05, 0) is 32.7 Å². The Morgan fingerprint density at radius 2 is 2.10 bits per heavy atom. The molecule has 0 saturated carbocycles. The maximum Gasteiger partial charge on any atom is 0.234 e. The molecule has 1 atom stereocenters.